The molecule has 0 unspecified atom stereocenters. The van der Waals surface area contributed by atoms with Crippen LogP contribution in [0.1, 0.15) is 0 Å². The lowest BCUT2D eigenvalue weighted by molar-refractivity contribution is -0.115. The van der Waals surface area contributed by atoms with E-state index in [-0.39, 0.29) is 5.91 Å². The van der Waals surface area contributed by atoms with Gasteiger partial charge in [0.15, 0.2) is 12.2 Å². The van der Waals surface area contributed by atoms with Gasteiger partial charge in [0.05, 0.1) is 12.7 Å². The van der Waals surface area contributed by atoms with Crippen molar-refractivity contribution >= 4 is 11.6 Å². The van der Waals surface area contributed by atoms with Crippen LogP contribution in [0.15, 0.2) is 41.3 Å². The first-order chi connectivity index (χ1) is 8.29. The van der Waals surface area contributed by atoms with E-state index in [9.17, 15) is 4.79 Å². The summed E-state index contributed by atoms with van der Waals surface area (Å²) in [4.78, 5) is 15.2. The standard InChI is InChI=1S/C12H13N3O2/c1-13-7-12(16)15-10-4-2-9(3-5-10)11-6-14-8-17-11/h2-6,8,13H,7H2,1H3,(H,15,16). The maximum Gasteiger partial charge on any atom is 0.238 e. The lowest BCUT2D eigenvalue weighted by Gasteiger charge is -2.05. The molecule has 88 valence electrons. The molecule has 1 aromatic carbocycles. The predicted molar refractivity (Wildman–Crippen MR) is 64.5 cm³/mol. The summed E-state index contributed by atoms with van der Waals surface area (Å²) in [6.07, 6.45) is 3.03. The summed E-state index contributed by atoms with van der Waals surface area (Å²) >= 11 is 0. The van der Waals surface area contributed by atoms with E-state index in [0.29, 0.717) is 12.3 Å². The minimum absolute atomic E-state index is 0.0695. The predicted octanol–water partition coefficient (Wildman–Crippen LogP) is 1.50. The molecule has 0 radical (unpaired) electrons. The topological polar surface area (TPSA) is 67.2 Å². The Bertz CT molecular complexity index is 477. The van der Waals surface area contributed by atoms with Crippen LogP contribution in [0.4, 0.5) is 5.69 Å². The van der Waals surface area contributed by atoms with Gasteiger partial charge in [0.2, 0.25) is 5.91 Å². The number of hydrogen-bond donors (Lipinski definition) is 2. The smallest absolute Gasteiger partial charge is 0.238 e. The second-order valence-electron chi connectivity index (χ2n) is 3.52. The summed E-state index contributed by atoms with van der Waals surface area (Å²) < 4.78 is 5.17. The molecule has 0 fully saturated rings. The van der Waals surface area contributed by atoms with E-state index < -0.39 is 0 Å². The summed E-state index contributed by atoms with van der Waals surface area (Å²) in [5.41, 5.74) is 1.68. The first kappa shape index (κ1) is 11.3. The molecule has 0 spiro atoms. The van der Waals surface area contributed by atoms with E-state index in [0.717, 1.165) is 11.3 Å². The van der Waals surface area contributed by atoms with Gasteiger partial charge in [-0.05, 0) is 31.3 Å². The minimum atomic E-state index is -0.0695. The lowest BCUT2D eigenvalue weighted by Crippen LogP contribution is -2.24. The quantitative estimate of drug-likeness (QED) is 0.836. The number of benzene rings is 1. The van der Waals surface area contributed by atoms with Gasteiger partial charge in [-0.3, -0.25) is 4.79 Å². The van der Waals surface area contributed by atoms with Crippen molar-refractivity contribution in [3.05, 3.63) is 36.9 Å². The van der Waals surface area contributed by atoms with Gasteiger partial charge in [0.25, 0.3) is 0 Å². The van der Waals surface area contributed by atoms with Crippen LogP contribution in [0.2, 0.25) is 0 Å². The number of hydrogen-bond acceptors (Lipinski definition) is 4. The van der Waals surface area contributed by atoms with Gasteiger partial charge in [0, 0.05) is 11.3 Å². The number of oxazole rings is 1. The van der Waals surface area contributed by atoms with E-state index in [4.69, 9.17) is 4.42 Å². The van der Waals surface area contributed by atoms with Gasteiger partial charge in [0.1, 0.15) is 0 Å². The van der Waals surface area contributed by atoms with Crippen LogP contribution in [-0.4, -0.2) is 24.5 Å². The molecule has 2 N–H and O–H groups in total. The van der Waals surface area contributed by atoms with Crippen LogP contribution in [0.5, 0.6) is 0 Å². The van der Waals surface area contributed by atoms with Crippen molar-refractivity contribution in [1.29, 1.82) is 0 Å². The lowest BCUT2D eigenvalue weighted by atomic mass is 10.2. The average Bonchev–Trinajstić information content (AvgIpc) is 2.84. The number of nitrogens with zero attached hydrogens (tertiary/aromatic N) is 1. The number of anilines is 1. The van der Waals surface area contributed by atoms with Gasteiger partial charge < -0.3 is 15.1 Å². The summed E-state index contributed by atoms with van der Waals surface area (Å²) in [6, 6.07) is 7.39. The summed E-state index contributed by atoms with van der Waals surface area (Å²) in [6.45, 7) is 0.295. The van der Waals surface area contributed by atoms with Crippen LogP contribution in [0.25, 0.3) is 11.3 Å². The van der Waals surface area contributed by atoms with E-state index in [1.54, 1.807) is 13.2 Å². The molecule has 2 rings (SSSR count). The molecule has 0 bridgehead atoms. The molecule has 5 heteroatoms. The molecule has 17 heavy (non-hydrogen) atoms. The number of carbonyl (C=O) groups is 1. The van der Waals surface area contributed by atoms with Gasteiger partial charge in [-0.25, -0.2) is 4.98 Å². The van der Waals surface area contributed by atoms with Gasteiger partial charge in [-0.1, -0.05) is 0 Å². The van der Waals surface area contributed by atoms with E-state index in [1.807, 2.05) is 24.3 Å². The molecule has 0 aliphatic rings. The number of amides is 1. The monoisotopic (exact) mass is 231 g/mol. The van der Waals surface area contributed by atoms with Gasteiger partial charge >= 0.3 is 0 Å². The van der Waals surface area contributed by atoms with Crippen LogP contribution < -0.4 is 10.6 Å². The first-order valence-corrected chi connectivity index (χ1v) is 5.23. The van der Waals surface area contributed by atoms with Crippen LogP contribution >= 0.6 is 0 Å². The maximum absolute atomic E-state index is 11.3. The summed E-state index contributed by atoms with van der Waals surface area (Å²) in [5.74, 6) is 0.637. The first-order valence-electron chi connectivity index (χ1n) is 5.23. The third-order valence-corrected chi connectivity index (χ3v) is 2.22. The molecule has 0 aliphatic heterocycles. The van der Waals surface area contributed by atoms with Crippen molar-refractivity contribution in [1.82, 2.24) is 10.3 Å². The molecule has 0 atom stereocenters. The van der Waals surface area contributed by atoms with Crippen molar-refractivity contribution in [2.24, 2.45) is 0 Å². The van der Waals surface area contributed by atoms with E-state index in [2.05, 4.69) is 15.6 Å². The molecule has 5 nitrogen and oxygen atoms in total. The van der Waals surface area contributed by atoms with Gasteiger partial charge in [-0.15, -0.1) is 0 Å². The zero-order chi connectivity index (χ0) is 12.1. The zero-order valence-corrected chi connectivity index (χ0v) is 9.43. The van der Waals surface area contributed by atoms with E-state index >= 15 is 0 Å². The Hall–Kier alpha value is -2.14. The highest BCUT2D eigenvalue weighted by Gasteiger charge is 2.03. The number of aromatic nitrogens is 1. The average molecular weight is 231 g/mol. The van der Waals surface area contributed by atoms with E-state index in [1.165, 1.54) is 6.39 Å². The number of rotatable bonds is 4. The van der Waals surface area contributed by atoms with Crippen molar-refractivity contribution in [3.8, 4) is 11.3 Å². The minimum Gasteiger partial charge on any atom is -0.444 e. The molecule has 0 saturated carbocycles. The molecule has 2 aromatic rings. The van der Waals surface area contributed by atoms with Crippen molar-refractivity contribution in [2.75, 3.05) is 18.9 Å². The molecule has 1 aromatic heterocycles. The number of nitrogens with one attached hydrogen (secondary N) is 2. The fourth-order valence-electron chi connectivity index (χ4n) is 1.44. The zero-order valence-electron chi connectivity index (χ0n) is 9.43. The van der Waals surface area contributed by atoms with Crippen LogP contribution in [0, 0.1) is 0 Å². The third kappa shape index (κ3) is 2.92. The summed E-state index contributed by atoms with van der Waals surface area (Å²) in [7, 11) is 1.73. The van der Waals surface area contributed by atoms with Crippen molar-refractivity contribution in [3.63, 3.8) is 0 Å². The molecule has 0 aliphatic carbocycles. The SMILES string of the molecule is CNCC(=O)Nc1ccc(-c2cnco2)cc1. The number of carbonyl (C=O) groups excluding carboxylic acids is 1. The Kier molecular flexibility index (Phi) is 3.52. The Morgan fingerprint density at radius 2 is 2.12 bits per heavy atom. The summed E-state index contributed by atoms with van der Waals surface area (Å²) in [5, 5.41) is 5.55. The molecule has 1 amide bonds. The van der Waals surface area contributed by atoms with Crippen LogP contribution in [-0.2, 0) is 4.79 Å². The second-order valence-corrected chi connectivity index (χ2v) is 3.52. The van der Waals surface area contributed by atoms with Crippen LogP contribution in [0.3, 0.4) is 0 Å². The Morgan fingerprint density at radius 1 is 1.35 bits per heavy atom. The Labute approximate surface area is 98.9 Å². The van der Waals surface area contributed by atoms with Gasteiger partial charge in [-0.2, -0.15) is 0 Å². The van der Waals surface area contributed by atoms with Crippen molar-refractivity contribution in [2.45, 2.75) is 0 Å². The normalized spacial score (nSPS) is 10.2. The number of likely N-dealkylation sites (N-methyl/N-ethyl adjacent to an activating group) is 1. The highest BCUT2D eigenvalue weighted by Crippen LogP contribution is 2.20. The highest BCUT2D eigenvalue weighted by molar-refractivity contribution is 5.92. The molecule has 0 saturated heterocycles. The molecule has 1 heterocycles. The highest BCUT2D eigenvalue weighted by atomic mass is 16.3. The largest absolute Gasteiger partial charge is 0.444 e. The second kappa shape index (κ2) is 5.27. The molecular weight excluding hydrogens is 218 g/mol. The fraction of sp³-hybridized carbons (Fsp3) is 0.167. The van der Waals surface area contributed by atoms with Crippen molar-refractivity contribution < 1.29 is 9.21 Å². The third-order valence-electron chi connectivity index (χ3n) is 2.22. The molecular formula is C12H13N3O2. The fourth-order valence-corrected chi connectivity index (χ4v) is 1.44. The Morgan fingerprint density at radius 3 is 2.71 bits per heavy atom. The maximum atomic E-state index is 11.3. The Balaban J connectivity index is 2.06.